The molecule has 1 aliphatic heterocycles. The fourth-order valence-electron chi connectivity index (χ4n) is 3.87. The van der Waals surface area contributed by atoms with Gasteiger partial charge in [0.2, 0.25) is 5.91 Å². The molecule has 1 saturated heterocycles. The molecule has 0 spiro atoms. The molecule has 1 heterocycles. The van der Waals surface area contributed by atoms with E-state index in [1.165, 1.54) is 19.3 Å². The average Bonchev–Trinajstić information content (AvgIpc) is 2.81. The van der Waals surface area contributed by atoms with E-state index in [1.54, 1.807) is 0 Å². The van der Waals surface area contributed by atoms with E-state index in [-0.39, 0.29) is 6.04 Å². The number of thiocarbonyl (C=S) groups is 1. The van der Waals surface area contributed by atoms with Crippen LogP contribution in [-0.4, -0.2) is 28.4 Å². The van der Waals surface area contributed by atoms with Gasteiger partial charge in [-0.05, 0) is 43.9 Å². The Morgan fingerprint density at radius 1 is 1.12 bits per heavy atom. The molecule has 4 heteroatoms. The van der Waals surface area contributed by atoms with Gasteiger partial charge in [-0.1, -0.05) is 18.6 Å². The molecule has 0 aromatic heterocycles. The van der Waals surface area contributed by atoms with Gasteiger partial charge in [0.05, 0.1) is 11.0 Å². The lowest BCUT2D eigenvalue weighted by Gasteiger charge is -2.35. The van der Waals surface area contributed by atoms with Gasteiger partial charge in [0.15, 0.2) is 0 Å². The molecule has 0 radical (unpaired) electrons. The zero-order chi connectivity index (χ0) is 12.0. The SMILES string of the molecule is NC(=S)C1CCCCN1C(=O)C1C2CCCC21. The van der Waals surface area contributed by atoms with E-state index in [9.17, 15) is 4.79 Å². The third-order valence-corrected chi connectivity index (χ3v) is 5.08. The van der Waals surface area contributed by atoms with Gasteiger partial charge in [-0.2, -0.15) is 0 Å². The van der Waals surface area contributed by atoms with E-state index in [0.29, 0.717) is 28.6 Å². The molecular weight excluding hydrogens is 232 g/mol. The molecule has 3 unspecified atom stereocenters. The Bertz CT molecular complexity index is 347. The van der Waals surface area contributed by atoms with Crippen LogP contribution < -0.4 is 5.73 Å². The van der Waals surface area contributed by atoms with E-state index in [4.69, 9.17) is 18.0 Å². The van der Waals surface area contributed by atoms with Gasteiger partial charge >= 0.3 is 0 Å². The van der Waals surface area contributed by atoms with E-state index in [0.717, 1.165) is 25.8 Å². The van der Waals surface area contributed by atoms with Crippen molar-refractivity contribution in [2.24, 2.45) is 23.5 Å². The van der Waals surface area contributed by atoms with Crippen molar-refractivity contribution >= 4 is 23.1 Å². The normalized spacial score (nSPS) is 39.9. The lowest BCUT2D eigenvalue weighted by Crippen LogP contribution is -2.50. The Kier molecular flexibility index (Phi) is 2.85. The molecule has 2 saturated carbocycles. The van der Waals surface area contributed by atoms with Gasteiger partial charge in [-0.3, -0.25) is 4.79 Å². The number of carbonyl (C=O) groups excluding carboxylic acids is 1. The van der Waals surface area contributed by atoms with Crippen LogP contribution in [0.5, 0.6) is 0 Å². The molecule has 3 fully saturated rings. The highest BCUT2D eigenvalue weighted by Gasteiger charge is 2.58. The summed E-state index contributed by atoms with van der Waals surface area (Å²) in [6.07, 6.45) is 7.04. The molecule has 94 valence electrons. The number of hydrogen-bond acceptors (Lipinski definition) is 2. The van der Waals surface area contributed by atoms with Crippen molar-refractivity contribution < 1.29 is 4.79 Å². The summed E-state index contributed by atoms with van der Waals surface area (Å²) < 4.78 is 0. The average molecular weight is 252 g/mol. The van der Waals surface area contributed by atoms with Gasteiger partial charge in [-0.25, -0.2) is 0 Å². The van der Waals surface area contributed by atoms with Crippen LogP contribution in [0.15, 0.2) is 0 Å². The first-order chi connectivity index (χ1) is 8.20. The number of likely N-dealkylation sites (tertiary alicyclic amines) is 1. The van der Waals surface area contributed by atoms with Crippen LogP contribution in [0, 0.1) is 17.8 Å². The second-order valence-corrected chi connectivity index (χ2v) is 6.20. The summed E-state index contributed by atoms with van der Waals surface area (Å²) in [5, 5.41) is 0. The molecule has 3 aliphatic rings. The van der Waals surface area contributed by atoms with Gasteiger partial charge in [-0.15, -0.1) is 0 Å². The van der Waals surface area contributed by atoms with Crippen molar-refractivity contribution in [2.75, 3.05) is 6.54 Å². The zero-order valence-electron chi connectivity index (χ0n) is 10.1. The van der Waals surface area contributed by atoms with Crippen LogP contribution in [-0.2, 0) is 4.79 Å². The Morgan fingerprint density at radius 3 is 2.47 bits per heavy atom. The fourth-order valence-corrected chi connectivity index (χ4v) is 4.12. The number of nitrogens with two attached hydrogens (primary N) is 1. The largest absolute Gasteiger partial charge is 0.392 e. The van der Waals surface area contributed by atoms with Crippen LogP contribution in [0.4, 0.5) is 0 Å². The summed E-state index contributed by atoms with van der Waals surface area (Å²) in [6.45, 7) is 0.858. The number of fused-ring (bicyclic) bond motifs is 1. The number of rotatable bonds is 2. The summed E-state index contributed by atoms with van der Waals surface area (Å²) in [7, 11) is 0. The molecule has 2 N–H and O–H groups in total. The standard InChI is InChI=1S/C13H20N2OS/c14-12(17)10-6-1-2-7-15(10)13(16)11-8-4-3-5-9(8)11/h8-11H,1-7H2,(H2,14,17). The van der Waals surface area contributed by atoms with E-state index in [1.807, 2.05) is 4.90 Å². The molecular formula is C13H20N2OS. The first-order valence-corrected chi connectivity index (χ1v) is 7.21. The summed E-state index contributed by atoms with van der Waals surface area (Å²) in [6, 6.07) is 0.0348. The maximum absolute atomic E-state index is 12.5. The third-order valence-electron chi connectivity index (χ3n) is 4.81. The van der Waals surface area contributed by atoms with E-state index < -0.39 is 0 Å². The highest BCUT2D eigenvalue weighted by Crippen LogP contribution is 2.58. The third kappa shape index (κ3) is 1.86. The molecule has 0 bridgehead atoms. The second kappa shape index (κ2) is 4.23. The predicted octanol–water partition coefficient (Wildman–Crippen LogP) is 1.70. The van der Waals surface area contributed by atoms with Crippen LogP contribution in [0.2, 0.25) is 0 Å². The maximum Gasteiger partial charge on any atom is 0.226 e. The van der Waals surface area contributed by atoms with Gasteiger partial charge < -0.3 is 10.6 Å². The van der Waals surface area contributed by atoms with Crippen LogP contribution >= 0.6 is 12.2 Å². The summed E-state index contributed by atoms with van der Waals surface area (Å²) in [5.74, 6) is 2.05. The minimum atomic E-state index is 0.0348. The molecule has 17 heavy (non-hydrogen) atoms. The van der Waals surface area contributed by atoms with Crippen molar-refractivity contribution in [3.8, 4) is 0 Å². The first kappa shape index (κ1) is 11.5. The molecule has 3 rings (SSSR count). The van der Waals surface area contributed by atoms with Crippen LogP contribution in [0.25, 0.3) is 0 Å². The lowest BCUT2D eigenvalue weighted by atomic mass is 10.00. The second-order valence-electron chi connectivity index (χ2n) is 5.73. The van der Waals surface area contributed by atoms with Gasteiger partial charge in [0.1, 0.15) is 0 Å². The maximum atomic E-state index is 12.5. The van der Waals surface area contributed by atoms with Crippen molar-refractivity contribution in [1.29, 1.82) is 0 Å². The monoisotopic (exact) mass is 252 g/mol. The highest BCUT2D eigenvalue weighted by atomic mass is 32.1. The molecule has 0 aromatic carbocycles. The van der Waals surface area contributed by atoms with E-state index >= 15 is 0 Å². The fraction of sp³-hybridized carbons (Fsp3) is 0.846. The minimum Gasteiger partial charge on any atom is -0.392 e. The van der Waals surface area contributed by atoms with Crippen molar-refractivity contribution in [1.82, 2.24) is 4.90 Å². The summed E-state index contributed by atoms with van der Waals surface area (Å²) in [5.41, 5.74) is 5.77. The summed E-state index contributed by atoms with van der Waals surface area (Å²) >= 11 is 5.10. The minimum absolute atomic E-state index is 0.0348. The first-order valence-electron chi connectivity index (χ1n) is 6.80. The Morgan fingerprint density at radius 2 is 1.82 bits per heavy atom. The number of piperidine rings is 1. The number of amides is 1. The topological polar surface area (TPSA) is 46.3 Å². The Balaban J connectivity index is 1.69. The predicted molar refractivity (Wildman–Crippen MR) is 70.5 cm³/mol. The lowest BCUT2D eigenvalue weighted by molar-refractivity contribution is -0.135. The van der Waals surface area contributed by atoms with Crippen molar-refractivity contribution in [2.45, 2.75) is 44.6 Å². The number of nitrogens with zero attached hydrogens (tertiary/aromatic N) is 1. The quantitative estimate of drug-likeness (QED) is 0.761. The molecule has 2 aliphatic carbocycles. The van der Waals surface area contributed by atoms with Crippen LogP contribution in [0.1, 0.15) is 38.5 Å². The smallest absolute Gasteiger partial charge is 0.226 e. The zero-order valence-corrected chi connectivity index (χ0v) is 10.9. The molecule has 3 nitrogen and oxygen atoms in total. The molecule has 0 aromatic rings. The number of carbonyl (C=O) groups is 1. The highest BCUT2D eigenvalue weighted by molar-refractivity contribution is 7.80. The molecule has 3 atom stereocenters. The van der Waals surface area contributed by atoms with Crippen LogP contribution in [0.3, 0.4) is 0 Å². The van der Waals surface area contributed by atoms with Gasteiger partial charge in [0, 0.05) is 12.5 Å². The summed E-state index contributed by atoms with van der Waals surface area (Å²) in [4.78, 5) is 15.0. The Hall–Kier alpha value is -0.640. The Labute approximate surface area is 108 Å². The van der Waals surface area contributed by atoms with Crippen molar-refractivity contribution in [3.63, 3.8) is 0 Å². The number of hydrogen-bond donors (Lipinski definition) is 1. The van der Waals surface area contributed by atoms with E-state index in [2.05, 4.69) is 0 Å². The van der Waals surface area contributed by atoms with Gasteiger partial charge in [0.25, 0.3) is 0 Å². The molecule has 1 amide bonds. The van der Waals surface area contributed by atoms with Crippen molar-refractivity contribution in [3.05, 3.63) is 0 Å².